The number of nitrogen functional groups attached to an aromatic ring is 1. The van der Waals surface area contributed by atoms with E-state index in [-0.39, 0.29) is 0 Å². The van der Waals surface area contributed by atoms with Gasteiger partial charge in [0.05, 0.1) is 11.4 Å². The molecule has 0 atom stereocenters. The Labute approximate surface area is 75.6 Å². The maximum Gasteiger partial charge on any atom is 0.160 e. The Kier molecular flexibility index (Phi) is 1.69. The van der Waals surface area contributed by atoms with E-state index in [2.05, 4.69) is 17.6 Å². The smallest absolute Gasteiger partial charge is 0.160 e. The van der Waals surface area contributed by atoms with Gasteiger partial charge in [-0.15, -0.1) is 0 Å². The number of imidazole rings is 1. The van der Waals surface area contributed by atoms with Gasteiger partial charge in [-0.2, -0.15) is 12.6 Å². The molecule has 4 heteroatoms. The van der Waals surface area contributed by atoms with Crippen molar-refractivity contribution in [2.24, 2.45) is 0 Å². The van der Waals surface area contributed by atoms with Crippen LogP contribution < -0.4 is 5.73 Å². The second-order valence-electron chi connectivity index (χ2n) is 2.58. The highest BCUT2D eigenvalue weighted by Crippen LogP contribution is 2.13. The first-order valence-corrected chi connectivity index (χ1v) is 4.27. The number of anilines is 1. The van der Waals surface area contributed by atoms with E-state index >= 15 is 0 Å². The molecule has 0 radical (unpaired) electrons. The van der Waals surface area contributed by atoms with Gasteiger partial charge in [0.2, 0.25) is 0 Å². The van der Waals surface area contributed by atoms with Crippen LogP contribution in [0.25, 0.3) is 5.65 Å². The van der Waals surface area contributed by atoms with Crippen molar-refractivity contribution in [3.63, 3.8) is 0 Å². The van der Waals surface area contributed by atoms with Gasteiger partial charge in [-0.3, -0.25) is 0 Å². The van der Waals surface area contributed by atoms with Crippen LogP contribution in [-0.2, 0) is 5.75 Å². The fraction of sp³-hybridized carbons (Fsp3) is 0.125. The van der Waals surface area contributed by atoms with Crippen molar-refractivity contribution < 1.29 is 0 Å². The third-order valence-corrected chi connectivity index (χ3v) is 2.05. The number of fused-ring (bicyclic) bond motifs is 1. The lowest BCUT2D eigenvalue weighted by atomic mass is 10.4. The number of nitrogens with zero attached hydrogens (tertiary/aromatic N) is 2. The lowest BCUT2D eigenvalue weighted by molar-refractivity contribution is 1.19. The fourth-order valence-corrected chi connectivity index (χ4v) is 1.31. The molecule has 0 unspecified atom stereocenters. The maximum absolute atomic E-state index is 5.72. The standard InChI is InChI=1S/C8H9N3S/c9-7-2-1-3-11-4-6(5-12)10-8(7)11/h1-4,12H,5,9H2. The van der Waals surface area contributed by atoms with Gasteiger partial charge in [-0.1, -0.05) is 0 Å². The van der Waals surface area contributed by atoms with E-state index in [1.54, 1.807) is 0 Å². The maximum atomic E-state index is 5.72. The molecule has 2 rings (SSSR count). The number of nitrogens with two attached hydrogens (primary N) is 1. The van der Waals surface area contributed by atoms with Crippen LogP contribution in [0, 0.1) is 0 Å². The molecule has 62 valence electrons. The van der Waals surface area contributed by atoms with E-state index in [9.17, 15) is 0 Å². The average Bonchev–Trinajstić information content (AvgIpc) is 2.49. The van der Waals surface area contributed by atoms with Gasteiger partial charge < -0.3 is 10.1 Å². The van der Waals surface area contributed by atoms with E-state index in [1.807, 2.05) is 28.9 Å². The van der Waals surface area contributed by atoms with Crippen LogP contribution >= 0.6 is 12.6 Å². The molecule has 0 aliphatic rings. The molecule has 0 amide bonds. The van der Waals surface area contributed by atoms with Gasteiger partial charge in [0.25, 0.3) is 0 Å². The summed E-state index contributed by atoms with van der Waals surface area (Å²) in [5.41, 5.74) is 8.16. The van der Waals surface area contributed by atoms with Crippen molar-refractivity contribution in [3.05, 3.63) is 30.2 Å². The molecule has 0 spiro atoms. The summed E-state index contributed by atoms with van der Waals surface area (Å²) in [4.78, 5) is 4.29. The SMILES string of the molecule is Nc1cccn2cc(CS)nc12. The monoisotopic (exact) mass is 179 g/mol. The topological polar surface area (TPSA) is 43.3 Å². The van der Waals surface area contributed by atoms with Gasteiger partial charge in [-0.05, 0) is 12.1 Å². The van der Waals surface area contributed by atoms with Crippen molar-refractivity contribution in [3.8, 4) is 0 Å². The first-order valence-electron chi connectivity index (χ1n) is 3.64. The summed E-state index contributed by atoms with van der Waals surface area (Å²) in [5.74, 6) is 0.640. The molecule has 12 heavy (non-hydrogen) atoms. The Morgan fingerprint density at radius 1 is 1.58 bits per heavy atom. The zero-order chi connectivity index (χ0) is 8.55. The van der Waals surface area contributed by atoms with Crippen LogP contribution in [0.5, 0.6) is 0 Å². The summed E-state index contributed by atoms with van der Waals surface area (Å²) in [6, 6.07) is 3.73. The van der Waals surface area contributed by atoms with Gasteiger partial charge in [-0.25, -0.2) is 4.98 Å². The zero-order valence-corrected chi connectivity index (χ0v) is 7.33. The average molecular weight is 179 g/mol. The van der Waals surface area contributed by atoms with E-state index < -0.39 is 0 Å². The molecular weight excluding hydrogens is 170 g/mol. The first kappa shape index (κ1) is 7.49. The van der Waals surface area contributed by atoms with Crippen molar-refractivity contribution >= 4 is 24.0 Å². The van der Waals surface area contributed by atoms with Crippen molar-refractivity contribution in [2.45, 2.75) is 5.75 Å². The van der Waals surface area contributed by atoms with Crippen molar-refractivity contribution in [2.75, 3.05) is 5.73 Å². The number of aromatic nitrogens is 2. The van der Waals surface area contributed by atoms with Crippen LogP contribution in [0.3, 0.4) is 0 Å². The Bertz CT molecular complexity index is 408. The summed E-state index contributed by atoms with van der Waals surface area (Å²) in [7, 11) is 0. The predicted molar refractivity (Wildman–Crippen MR) is 52.3 cm³/mol. The molecule has 0 aliphatic carbocycles. The Morgan fingerprint density at radius 3 is 3.08 bits per heavy atom. The molecular formula is C8H9N3S. The van der Waals surface area contributed by atoms with E-state index in [4.69, 9.17) is 5.73 Å². The zero-order valence-electron chi connectivity index (χ0n) is 6.44. The largest absolute Gasteiger partial charge is 0.396 e. The first-order chi connectivity index (χ1) is 5.81. The molecule has 0 aliphatic heterocycles. The van der Waals surface area contributed by atoms with Gasteiger partial charge in [0.15, 0.2) is 5.65 Å². The van der Waals surface area contributed by atoms with E-state index in [0.717, 1.165) is 11.3 Å². The summed E-state index contributed by atoms with van der Waals surface area (Å²) >= 11 is 4.14. The second-order valence-corrected chi connectivity index (χ2v) is 2.90. The quantitative estimate of drug-likeness (QED) is 0.649. The highest BCUT2D eigenvalue weighted by atomic mass is 32.1. The fourth-order valence-electron chi connectivity index (χ4n) is 1.16. The molecule has 3 nitrogen and oxygen atoms in total. The van der Waals surface area contributed by atoms with Gasteiger partial charge in [0.1, 0.15) is 0 Å². The molecule has 2 aromatic rings. The summed E-state index contributed by atoms with van der Waals surface area (Å²) in [6.07, 6.45) is 3.85. The van der Waals surface area contributed by atoms with E-state index in [1.165, 1.54) is 0 Å². The van der Waals surface area contributed by atoms with Crippen molar-refractivity contribution in [1.29, 1.82) is 0 Å². The van der Waals surface area contributed by atoms with Crippen LogP contribution in [0.15, 0.2) is 24.5 Å². The van der Waals surface area contributed by atoms with Gasteiger partial charge >= 0.3 is 0 Å². The normalized spacial score (nSPS) is 10.8. The molecule has 2 N–H and O–H groups in total. The Morgan fingerprint density at radius 2 is 2.42 bits per heavy atom. The van der Waals surface area contributed by atoms with Crippen LogP contribution in [0.2, 0.25) is 0 Å². The Hall–Kier alpha value is -1.16. The lowest BCUT2D eigenvalue weighted by Crippen LogP contribution is -1.90. The summed E-state index contributed by atoms with van der Waals surface area (Å²) in [6.45, 7) is 0. The van der Waals surface area contributed by atoms with Crippen LogP contribution in [0.1, 0.15) is 5.69 Å². The van der Waals surface area contributed by atoms with Crippen LogP contribution in [0.4, 0.5) is 5.69 Å². The highest BCUT2D eigenvalue weighted by Gasteiger charge is 2.01. The van der Waals surface area contributed by atoms with Gasteiger partial charge in [0, 0.05) is 18.1 Å². The minimum Gasteiger partial charge on any atom is -0.396 e. The molecule has 0 bridgehead atoms. The Balaban J connectivity index is 2.74. The number of pyridine rings is 1. The molecule has 2 heterocycles. The number of rotatable bonds is 1. The number of hydrogen-bond donors (Lipinski definition) is 2. The lowest BCUT2D eigenvalue weighted by Gasteiger charge is -1.94. The number of thiol groups is 1. The molecule has 2 aromatic heterocycles. The summed E-state index contributed by atoms with van der Waals surface area (Å²) < 4.78 is 1.90. The highest BCUT2D eigenvalue weighted by molar-refractivity contribution is 7.79. The third kappa shape index (κ3) is 1.04. The molecule has 0 saturated heterocycles. The molecule has 0 fully saturated rings. The second kappa shape index (κ2) is 2.71. The van der Waals surface area contributed by atoms with Crippen molar-refractivity contribution in [1.82, 2.24) is 9.38 Å². The minimum absolute atomic E-state index is 0.640. The summed E-state index contributed by atoms with van der Waals surface area (Å²) in [5, 5.41) is 0. The predicted octanol–water partition coefficient (Wildman–Crippen LogP) is 1.35. The minimum atomic E-state index is 0.640. The number of hydrogen-bond acceptors (Lipinski definition) is 3. The van der Waals surface area contributed by atoms with Crippen LogP contribution in [-0.4, -0.2) is 9.38 Å². The molecule has 0 saturated carbocycles. The van der Waals surface area contributed by atoms with E-state index in [0.29, 0.717) is 11.4 Å². The third-order valence-electron chi connectivity index (χ3n) is 1.72. The molecule has 0 aromatic carbocycles.